The van der Waals surface area contributed by atoms with Gasteiger partial charge in [0, 0.05) is 43.5 Å². The number of ether oxygens (including phenoxy) is 6. The lowest BCUT2D eigenvalue weighted by atomic mass is 9.87. The van der Waals surface area contributed by atoms with Crippen LogP contribution in [0.3, 0.4) is 0 Å². The van der Waals surface area contributed by atoms with Gasteiger partial charge < -0.3 is 33.5 Å². The molecule has 0 bridgehead atoms. The van der Waals surface area contributed by atoms with Gasteiger partial charge in [-0.2, -0.15) is 0 Å². The number of hydrogen-bond acceptors (Lipinski definition) is 8. The second-order valence-electron chi connectivity index (χ2n) is 13.7. The van der Waals surface area contributed by atoms with Gasteiger partial charge in [-0.3, -0.25) is 4.79 Å². The van der Waals surface area contributed by atoms with E-state index in [2.05, 4.69) is 30.5 Å². The molecule has 8 nitrogen and oxygen atoms in total. The molecule has 3 aliphatic heterocycles. The molecule has 4 aliphatic rings. The van der Waals surface area contributed by atoms with Gasteiger partial charge in [0.25, 0.3) is 0 Å². The van der Waals surface area contributed by atoms with E-state index in [9.17, 15) is 4.79 Å². The van der Waals surface area contributed by atoms with Crippen molar-refractivity contribution in [1.82, 2.24) is 0 Å². The van der Waals surface area contributed by atoms with E-state index in [-0.39, 0.29) is 55.4 Å². The molecule has 8 atom stereocenters. The SMILES string of the molecule is Cc1sccc1CCC(C=C[C@@H]1[C@@H](CCCCCCC(=O)O)[C@@H](OC2CCCCO2)C[C@H]1OC1CCCCO1)O[C@H]1CCCCO1. The summed E-state index contributed by atoms with van der Waals surface area (Å²) in [5.41, 5.74) is 1.40. The van der Waals surface area contributed by atoms with E-state index in [0.717, 1.165) is 129 Å². The van der Waals surface area contributed by atoms with Gasteiger partial charge >= 0.3 is 5.97 Å². The summed E-state index contributed by atoms with van der Waals surface area (Å²) < 4.78 is 38.3. The molecular formula is C37H58O8S. The maximum absolute atomic E-state index is 11.0. The van der Waals surface area contributed by atoms with Gasteiger partial charge in [0.2, 0.25) is 0 Å². The monoisotopic (exact) mass is 662 g/mol. The summed E-state index contributed by atoms with van der Waals surface area (Å²) in [5, 5.41) is 11.2. The highest BCUT2D eigenvalue weighted by molar-refractivity contribution is 7.10. The largest absolute Gasteiger partial charge is 0.481 e. The first kappa shape index (κ1) is 36.0. The van der Waals surface area contributed by atoms with Gasteiger partial charge in [0.1, 0.15) is 0 Å². The van der Waals surface area contributed by atoms with Crippen LogP contribution in [0, 0.1) is 18.8 Å². The molecule has 3 saturated heterocycles. The van der Waals surface area contributed by atoms with Crippen molar-refractivity contribution in [1.29, 1.82) is 0 Å². The average Bonchev–Trinajstić information content (AvgIpc) is 3.63. The van der Waals surface area contributed by atoms with Crippen molar-refractivity contribution in [2.75, 3.05) is 19.8 Å². The van der Waals surface area contributed by atoms with E-state index in [1.54, 1.807) is 11.3 Å². The van der Waals surface area contributed by atoms with Crippen molar-refractivity contribution in [3.8, 4) is 0 Å². The number of aliphatic carboxylic acids is 1. The van der Waals surface area contributed by atoms with Crippen LogP contribution in [-0.2, 0) is 39.6 Å². The fraction of sp³-hybridized carbons (Fsp3) is 0.811. The van der Waals surface area contributed by atoms with Crippen LogP contribution < -0.4 is 0 Å². The predicted octanol–water partition coefficient (Wildman–Crippen LogP) is 8.34. The van der Waals surface area contributed by atoms with Gasteiger partial charge in [-0.15, -0.1) is 11.3 Å². The maximum Gasteiger partial charge on any atom is 0.303 e. The number of rotatable bonds is 18. The number of thiophene rings is 1. The third kappa shape index (κ3) is 11.7. The highest BCUT2D eigenvalue weighted by Gasteiger charge is 2.45. The van der Waals surface area contributed by atoms with Crippen molar-refractivity contribution >= 4 is 17.3 Å². The smallest absolute Gasteiger partial charge is 0.303 e. The Labute approximate surface area is 280 Å². The van der Waals surface area contributed by atoms with Crippen LogP contribution in [0.1, 0.15) is 120 Å². The third-order valence-electron chi connectivity index (χ3n) is 10.1. The van der Waals surface area contributed by atoms with Crippen LogP contribution in [0.25, 0.3) is 0 Å². The topological polar surface area (TPSA) is 92.7 Å². The molecule has 4 fully saturated rings. The molecule has 5 rings (SSSR count). The Bertz CT molecular complexity index is 1030. The first-order chi connectivity index (χ1) is 22.5. The van der Waals surface area contributed by atoms with E-state index in [0.29, 0.717) is 0 Å². The Hall–Kier alpha value is -1.33. The first-order valence-corrected chi connectivity index (χ1v) is 19.2. The van der Waals surface area contributed by atoms with Crippen LogP contribution in [0.2, 0.25) is 0 Å². The fourth-order valence-corrected chi connectivity index (χ4v) is 8.27. The maximum atomic E-state index is 11.0. The molecule has 0 aromatic carbocycles. The van der Waals surface area contributed by atoms with Gasteiger partial charge in [-0.1, -0.05) is 31.4 Å². The van der Waals surface area contributed by atoms with E-state index in [1.165, 1.54) is 10.4 Å². The minimum Gasteiger partial charge on any atom is -0.481 e. The van der Waals surface area contributed by atoms with Crippen LogP contribution >= 0.6 is 11.3 Å². The summed E-state index contributed by atoms with van der Waals surface area (Å²) >= 11 is 1.81. The Morgan fingerprint density at radius 2 is 1.57 bits per heavy atom. The Morgan fingerprint density at radius 3 is 2.17 bits per heavy atom. The number of carbonyl (C=O) groups is 1. The average molecular weight is 663 g/mol. The van der Waals surface area contributed by atoms with Crippen molar-refractivity contribution in [2.45, 2.75) is 160 Å². The quantitative estimate of drug-likeness (QED) is 0.124. The van der Waals surface area contributed by atoms with Crippen LogP contribution in [0.4, 0.5) is 0 Å². The summed E-state index contributed by atoms with van der Waals surface area (Å²) in [4.78, 5) is 12.4. The standard InChI is InChI=1S/C37H58O8S/c1-27-28(21-25-46-27)17-18-29(43-35-14-6-9-22-40-35)19-20-31-30(12-4-2-3-5-13-34(38)39)32(44-36-15-7-10-23-41-36)26-33(31)45-37-16-8-11-24-42-37/h19-21,25,29-33,35-37H,2-18,22-24,26H2,1H3,(H,38,39)/t29?,30-,31-,32+,33-,35+,36?,37?/m1/s1. The zero-order chi connectivity index (χ0) is 32.0. The molecule has 1 N–H and O–H groups in total. The van der Waals surface area contributed by atoms with Crippen LogP contribution in [0.5, 0.6) is 0 Å². The molecule has 4 heterocycles. The van der Waals surface area contributed by atoms with E-state index >= 15 is 0 Å². The van der Waals surface area contributed by atoms with Crippen molar-refractivity contribution in [2.24, 2.45) is 11.8 Å². The zero-order valence-electron chi connectivity index (χ0n) is 28.0. The van der Waals surface area contributed by atoms with Gasteiger partial charge in [0.05, 0.1) is 18.3 Å². The number of unbranched alkanes of at least 4 members (excludes halogenated alkanes) is 3. The zero-order valence-corrected chi connectivity index (χ0v) is 28.8. The van der Waals surface area contributed by atoms with Gasteiger partial charge in [-0.25, -0.2) is 0 Å². The number of hydrogen-bond donors (Lipinski definition) is 1. The molecule has 9 heteroatoms. The second-order valence-corrected chi connectivity index (χ2v) is 14.8. The molecule has 46 heavy (non-hydrogen) atoms. The minimum atomic E-state index is -0.712. The van der Waals surface area contributed by atoms with E-state index in [1.807, 2.05) is 0 Å². The van der Waals surface area contributed by atoms with E-state index < -0.39 is 5.97 Å². The minimum absolute atomic E-state index is 0.00403. The van der Waals surface area contributed by atoms with Gasteiger partial charge in [0.15, 0.2) is 18.9 Å². The molecule has 0 spiro atoms. The normalized spacial score (nSPS) is 31.4. The highest BCUT2D eigenvalue weighted by atomic mass is 32.1. The molecule has 0 amide bonds. The summed E-state index contributed by atoms with van der Waals surface area (Å²) in [5.74, 6) is -0.267. The van der Waals surface area contributed by atoms with Crippen LogP contribution in [-0.4, -0.2) is 68.1 Å². The summed E-state index contributed by atoms with van der Waals surface area (Å²) in [6.45, 7) is 4.48. The Morgan fingerprint density at radius 1 is 0.913 bits per heavy atom. The first-order valence-electron chi connectivity index (χ1n) is 18.3. The van der Waals surface area contributed by atoms with Crippen molar-refractivity contribution in [3.63, 3.8) is 0 Å². The summed E-state index contributed by atoms with van der Waals surface area (Å²) in [6, 6.07) is 2.24. The predicted molar refractivity (Wildman–Crippen MR) is 179 cm³/mol. The molecular weight excluding hydrogens is 604 g/mol. The molecule has 260 valence electrons. The third-order valence-corrected chi connectivity index (χ3v) is 11.0. The second kappa shape index (κ2) is 19.6. The molecule has 3 unspecified atom stereocenters. The summed E-state index contributed by atoms with van der Waals surface area (Å²) in [6.07, 6.45) is 21.4. The van der Waals surface area contributed by atoms with Crippen molar-refractivity contribution in [3.05, 3.63) is 34.0 Å². The highest BCUT2D eigenvalue weighted by Crippen LogP contribution is 2.43. The van der Waals surface area contributed by atoms with E-state index in [4.69, 9.17) is 33.5 Å². The molecule has 1 saturated carbocycles. The molecule has 1 aromatic heterocycles. The number of carboxylic acids is 1. The summed E-state index contributed by atoms with van der Waals surface area (Å²) in [7, 11) is 0. The Balaban J connectivity index is 1.32. The van der Waals surface area contributed by atoms with Crippen LogP contribution in [0.15, 0.2) is 23.6 Å². The van der Waals surface area contributed by atoms with Crippen molar-refractivity contribution < 1.29 is 38.3 Å². The fourth-order valence-electron chi connectivity index (χ4n) is 7.51. The number of aryl methyl sites for hydroxylation is 2. The lowest BCUT2D eigenvalue weighted by Crippen LogP contribution is -2.32. The lowest BCUT2D eigenvalue weighted by molar-refractivity contribution is -0.204. The number of carboxylic acid groups (broad SMARTS) is 1. The Kier molecular flexibility index (Phi) is 15.3. The molecule has 0 radical (unpaired) electrons. The molecule has 1 aromatic rings. The molecule has 1 aliphatic carbocycles. The van der Waals surface area contributed by atoms with Gasteiger partial charge in [-0.05, 0) is 113 Å². The lowest BCUT2D eigenvalue weighted by Gasteiger charge is -2.31.